The molecule has 124 valence electrons. The normalized spacial score (nSPS) is 12.0. The fourth-order valence-corrected chi connectivity index (χ4v) is 2.65. The Morgan fingerprint density at radius 2 is 1.83 bits per heavy atom. The van der Waals surface area contributed by atoms with Gasteiger partial charge in [-0.05, 0) is 43.7 Å². The largest absolute Gasteiger partial charge is 0.497 e. The number of nitrogens with one attached hydrogen (secondary N) is 1. The Hall–Kier alpha value is -2.01. The van der Waals surface area contributed by atoms with E-state index in [0.717, 1.165) is 27.6 Å². The van der Waals surface area contributed by atoms with Gasteiger partial charge in [0.25, 0.3) is 0 Å². The molecule has 23 heavy (non-hydrogen) atoms. The Labute approximate surface area is 140 Å². The van der Waals surface area contributed by atoms with Crippen LogP contribution in [0.1, 0.15) is 19.4 Å². The minimum atomic E-state index is -0.949. The van der Waals surface area contributed by atoms with Crippen LogP contribution in [0.3, 0.4) is 0 Å². The highest BCUT2D eigenvalue weighted by atomic mass is 32.2. The smallest absolute Gasteiger partial charge is 0.143 e. The zero-order chi connectivity index (χ0) is 16.8. The molecular weight excluding hydrogens is 310 g/mol. The van der Waals surface area contributed by atoms with E-state index in [2.05, 4.69) is 5.32 Å². The van der Waals surface area contributed by atoms with Gasteiger partial charge in [-0.25, -0.2) is 0 Å². The lowest BCUT2D eigenvalue weighted by Gasteiger charge is -2.16. The molecule has 0 saturated carbocycles. The van der Waals surface area contributed by atoms with Crippen LogP contribution in [-0.2, 0) is 17.3 Å². The minimum Gasteiger partial charge on any atom is -0.497 e. The Bertz CT molecular complexity index is 668. The first-order valence-corrected chi connectivity index (χ1v) is 9.06. The molecule has 4 nitrogen and oxygen atoms in total. The third-order valence-electron chi connectivity index (χ3n) is 3.29. The fourth-order valence-electron chi connectivity index (χ4n) is 2.13. The van der Waals surface area contributed by atoms with Gasteiger partial charge in [0.15, 0.2) is 0 Å². The third-order valence-corrected chi connectivity index (χ3v) is 4.22. The SMILES string of the molecule is COc1ccc(OC(C)C)c(NCc2ccc(S(C)=O)cc2)c1. The molecule has 5 heteroatoms. The molecule has 2 rings (SSSR count). The number of anilines is 1. The van der Waals surface area contributed by atoms with Crippen LogP contribution < -0.4 is 14.8 Å². The van der Waals surface area contributed by atoms with E-state index < -0.39 is 10.8 Å². The summed E-state index contributed by atoms with van der Waals surface area (Å²) in [5, 5.41) is 3.38. The summed E-state index contributed by atoms with van der Waals surface area (Å²) in [6.07, 6.45) is 1.78. The lowest BCUT2D eigenvalue weighted by molar-refractivity contribution is 0.243. The van der Waals surface area contributed by atoms with Crippen molar-refractivity contribution in [3.05, 3.63) is 48.0 Å². The number of ether oxygens (including phenoxy) is 2. The third kappa shape index (κ3) is 4.99. The second-order valence-corrected chi connectivity index (χ2v) is 6.86. The summed E-state index contributed by atoms with van der Waals surface area (Å²) in [4.78, 5) is 0.832. The van der Waals surface area contributed by atoms with Crippen LogP contribution in [0, 0.1) is 0 Å². The van der Waals surface area contributed by atoms with Crippen LogP contribution in [0.2, 0.25) is 0 Å². The van der Waals surface area contributed by atoms with Gasteiger partial charge in [-0.3, -0.25) is 4.21 Å². The van der Waals surface area contributed by atoms with Crippen molar-refractivity contribution in [3.8, 4) is 11.5 Å². The highest BCUT2D eigenvalue weighted by Crippen LogP contribution is 2.30. The number of methoxy groups -OCH3 is 1. The molecule has 0 aliphatic carbocycles. The van der Waals surface area contributed by atoms with Crippen LogP contribution in [-0.4, -0.2) is 23.7 Å². The predicted octanol–water partition coefficient (Wildman–Crippen LogP) is 3.83. The molecule has 0 spiro atoms. The molecule has 1 N–H and O–H groups in total. The fraction of sp³-hybridized carbons (Fsp3) is 0.333. The van der Waals surface area contributed by atoms with Crippen molar-refractivity contribution in [2.45, 2.75) is 31.4 Å². The van der Waals surface area contributed by atoms with Gasteiger partial charge < -0.3 is 14.8 Å². The molecule has 0 heterocycles. The second-order valence-electron chi connectivity index (χ2n) is 5.48. The lowest BCUT2D eigenvalue weighted by atomic mass is 10.2. The van der Waals surface area contributed by atoms with E-state index in [1.165, 1.54) is 0 Å². The van der Waals surface area contributed by atoms with Crippen molar-refractivity contribution in [1.29, 1.82) is 0 Å². The van der Waals surface area contributed by atoms with Crippen molar-refractivity contribution in [2.24, 2.45) is 0 Å². The highest BCUT2D eigenvalue weighted by molar-refractivity contribution is 7.84. The number of rotatable bonds is 7. The van der Waals surface area contributed by atoms with Gasteiger partial charge in [-0.2, -0.15) is 0 Å². The molecule has 2 aromatic carbocycles. The molecule has 0 aliphatic heterocycles. The van der Waals surface area contributed by atoms with Crippen molar-refractivity contribution in [2.75, 3.05) is 18.7 Å². The summed E-state index contributed by atoms with van der Waals surface area (Å²) in [5.74, 6) is 1.58. The van der Waals surface area contributed by atoms with Crippen LogP contribution in [0.25, 0.3) is 0 Å². The minimum absolute atomic E-state index is 0.0998. The van der Waals surface area contributed by atoms with Crippen molar-refractivity contribution in [3.63, 3.8) is 0 Å². The zero-order valence-electron chi connectivity index (χ0n) is 14.0. The molecule has 1 atom stereocenters. The maximum atomic E-state index is 11.4. The molecule has 0 bridgehead atoms. The first-order chi connectivity index (χ1) is 11.0. The van der Waals surface area contributed by atoms with Crippen LogP contribution in [0.15, 0.2) is 47.4 Å². The van der Waals surface area contributed by atoms with Gasteiger partial charge in [0.2, 0.25) is 0 Å². The molecule has 0 fully saturated rings. The van der Waals surface area contributed by atoms with Gasteiger partial charge in [-0.15, -0.1) is 0 Å². The Morgan fingerprint density at radius 1 is 1.13 bits per heavy atom. The number of benzene rings is 2. The van der Waals surface area contributed by atoms with E-state index in [-0.39, 0.29) is 6.10 Å². The second kappa shape index (κ2) is 8.02. The van der Waals surface area contributed by atoms with Crippen molar-refractivity contribution >= 4 is 16.5 Å². The molecule has 1 unspecified atom stereocenters. The highest BCUT2D eigenvalue weighted by Gasteiger charge is 2.08. The maximum absolute atomic E-state index is 11.4. The summed E-state index contributed by atoms with van der Waals surface area (Å²) in [6.45, 7) is 4.65. The summed E-state index contributed by atoms with van der Waals surface area (Å²) in [7, 11) is 0.696. The lowest BCUT2D eigenvalue weighted by Crippen LogP contribution is -2.09. The van der Waals surface area contributed by atoms with Crippen molar-refractivity contribution in [1.82, 2.24) is 0 Å². The van der Waals surface area contributed by atoms with E-state index in [1.54, 1.807) is 13.4 Å². The quantitative estimate of drug-likeness (QED) is 0.836. The maximum Gasteiger partial charge on any atom is 0.143 e. The van der Waals surface area contributed by atoms with Gasteiger partial charge in [0, 0.05) is 34.6 Å². The summed E-state index contributed by atoms with van der Waals surface area (Å²) in [6, 6.07) is 13.5. The van der Waals surface area contributed by atoms with E-state index >= 15 is 0 Å². The molecule has 0 amide bonds. The standard InChI is InChI=1S/C18H23NO3S/c1-13(2)22-18-10-7-15(21-3)11-17(18)19-12-14-5-8-16(9-6-14)23(4)20/h5-11,13,19H,12H2,1-4H3. The monoisotopic (exact) mass is 333 g/mol. The molecule has 2 aromatic rings. The van der Waals surface area contributed by atoms with Crippen LogP contribution in [0.5, 0.6) is 11.5 Å². The van der Waals surface area contributed by atoms with Gasteiger partial charge >= 0.3 is 0 Å². The van der Waals surface area contributed by atoms with E-state index in [9.17, 15) is 4.21 Å². The zero-order valence-corrected chi connectivity index (χ0v) is 14.8. The summed E-state index contributed by atoms with van der Waals surface area (Å²) in [5.41, 5.74) is 2.00. The topological polar surface area (TPSA) is 47.6 Å². The van der Waals surface area contributed by atoms with Gasteiger partial charge in [0.1, 0.15) is 11.5 Å². The number of hydrogen-bond acceptors (Lipinski definition) is 4. The van der Waals surface area contributed by atoms with Crippen LogP contribution >= 0.6 is 0 Å². The average molecular weight is 333 g/mol. The Balaban J connectivity index is 2.13. The molecule has 0 radical (unpaired) electrons. The first-order valence-electron chi connectivity index (χ1n) is 7.50. The van der Waals surface area contributed by atoms with Gasteiger partial charge in [0.05, 0.1) is 18.9 Å². The molecule has 0 aromatic heterocycles. The predicted molar refractivity (Wildman–Crippen MR) is 94.9 cm³/mol. The summed E-state index contributed by atoms with van der Waals surface area (Å²) >= 11 is 0. The first kappa shape index (κ1) is 17.3. The summed E-state index contributed by atoms with van der Waals surface area (Å²) < 4.78 is 22.5. The molecule has 0 saturated heterocycles. The molecular formula is C18H23NO3S. The van der Waals surface area contributed by atoms with E-state index in [4.69, 9.17) is 9.47 Å². The Kier molecular flexibility index (Phi) is 6.04. The molecule has 0 aliphatic rings. The van der Waals surface area contributed by atoms with Crippen molar-refractivity contribution < 1.29 is 13.7 Å². The number of hydrogen-bond donors (Lipinski definition) is 1. The Morgan fingerprint density at radius 3 is 2.39 bits per heavy atom. The average Bonchev–Trinajstić information content (AvgIpc) is 2.53. The van der Waals surface area contributed by atoms with E-state index in [0.29, 0.717) is 6.54 Å². The van der Waals surface area contributed by atoms with E-state index in [1.807, 2.05) is 56.3 Å². The van der Waals surface area contributed by atoms with Crippen LogP contribution in [0.4, 0.5) is 5.69 Å². The van der Waals surface area contributed by atoms with Gasteiger partial charge in [-0.1, -0.05) is 12.1 Å².